The third-order valence-electron chi connectivity index (χ3n) is 2.69. The van der Waals surface area contributed by atoms with Gasteiger partial charge < -0.3 is 9.67 Å². The number of hydrogen-bond donors (Lipinski definition) is 1. The third kappa shape index (κ3) is 3.02. The Bertz CT molecular complexity index is 726. The molecule has 1 N–H and O–H groups in total. The standard InChI is InChI=1S/C12H11FN2O4S/c13-10-7-9(12(16)17)1-2-11(10)20(18,19)6-5-15-4-3-14-8-15/h1-4,7-8H,5-6H2,(H,16,17). The number of aromatic carboxylic acids is 1. The number of sulfone groups is 1. The lowest BCUT2D eigenvalue weighted by Gasteiger charge is -2.07. The van der Waals surface area contributed by atoms with Gasteiger partial charge in [0.25, 0.3) is 0 Å². The van der Waals surface area contributed by atoms with Crippen molar-refractivity contribution >= 4 is 15.8 Å². The van der Waals surface area contributed by atoms with Gasteiger partial charge in [-0.05, 0) is 18.2 Å². The maximum Gasteiger partial charge on any atom is 0.335 e. The first-order valence-electron chi connectivity index (χ1n) is 5.61. The van der Waals surface area contributed by atoms with Crippen LogP contribution in [0.4, 0.5) is 4.39 Å². The third-order valence-corrected chi connectivity index (χ3v) is 4.41. The van der Waals surface area contributed by atoms with Crippen molar-refractivity contribution in [3.05, 3.63) is 48.3 Å². The molecule has 1 heterocycles. The van der Waals surface area contributed by atoms with Crippen LogP contribution in [0.3, 0.4) is 0 Å². The lowest BCUT2D eigenvalue weighted by Crippen LogP contribution is -2.14. The molecule has 0 saturated carbocycles. The molecule has 1 aromatic heterocycles. The first-order chi connectivity index (χ1) is 9.40. The van der Waals surface area contributed by atoms with E-state index in [-0.39, 0.29) is 17.9 Å². The maximum atomic E-state index is 13.7. The van der Waals surface area contributed by atoms with E-state index in [0.29, 0.717) is 6.07 Å². The predicted molar refractivity (Wildman–Crippen MR) is 67.6 cm³/mol. The van der Waals surface area contributed by atoms with Gasteiger partial charge in [-0.15, -0.1) is 0 Å². The summed E-state index contributed by atoms with van der Waals surface area (Å²) >= 11 is 0. The average Bonchev–Trinajstić information content (AvgIpc) is 2.89. The molecule has 0 spiro atoms. The Hall–Kier alpha value is -2.22. The van der Waals surface area contributed by atoms with Crippen LogP contribution in [0.5, 0.6) is 0 Å². The number of hydrogen-bond acceptors (Lipinski definition) is 4. The molecular formula is C12H11FN2O4S. The molecule has 106 valence electrons. The van der Waals surface area contributed by atoms with E-state index in [0.717, 1.165) is 12.1 Å². The second-order valence-corrected chi connectivity index (χ2v) is 6.15. The quantitative estimate of drug-likeness (QED) is 0.895. The number of aryl methyl sites for hydroxylation is 1. The summed E-state index contributed by atoms with van der Waals surface area (Å²) in [5.41, 5.74) is -0.295. The van der Waals surface area contributed by atoms with Crippen molar-refractivity contribution in [2.75, 3.05) is 5.75 Å². The van der Waals surface area contributed by atoms with Crippen LogP contribution in [-0.4, -0.2) is 34.8 Å². The van der Waals surface area contributed by atoms with Gasteiger partial charge in [-0.3, -0.25) is 0 Å². The van der Waals surface area contributed by atoms with E-state index in [1.807, 2.05) is 0 Å². The Morgan fingerprint density at radius 1 is 1.40 bits per heavy atom. The highest BCUT2D eigenvalue weighted by atomic mass is 32.2. The summed E-state index contributed by atoms with van der Waals surface area (Å²) in [6.07, 6.45) is 4.56. The first-order valence-corrected chi connectivity index (χ1v) is 7.27. The van der Waals surface area contributed by atoms with Crippen LogP contribution in [-0.2, 0) is 16.4 Å². The molecule has 0 amide bonds. The number of halogens is 1. The Morgan fingerprint density at radius 2 is 2.15 bits per heavy atom. The number of benzene rings is 1. The molecule has 0 aliphatic rings. The normalized spacial score (nSPS) is 11.4. The summed E-state index contributed by atoms with van der Waals surface area (Å²) in [6.45, 7) is 0.141. The van der Waals surface area contributed by atoms with Crippen molar-refractivity contribution in [1.82, 2.24) is 9.55 Å². The van der Waals surface area contributed by atoms with Crippen LogP contribution in [0, 0.1) is 5.82 Å². The summed E-state index contributed by atoms with van der Waals surface area (Å²) in [4.78, 5) is 13.9. The van der Waals surface area contributed by atoms with E-state index >= 15 is 0 Å². The smallest absolute Gasteiger partial charge is 0.335 e. The van der Waals surface area contributed by atoms with E-state index in [9.17, 15) is 17.6 Å². The fourth-order valence-corrected chi connectivity index (χ4v) is 2.94. The molecule has 2 rings (SSSR count). The molecule has 2 aromatic rings. The molecule has 0 atom stereocenters. The van der Waals surface area contributed by atoms with Crippen LogP contribution in [0.15, 0.2) is 41.8 Å². The summed E-state index contributed by atoms with van der Waals surface area (Å²) in [5, 5.41) is 8.70. The van der Waals surface area contributed by atoms with Gasteiger partial charge in [0.2, 0.25) is 0 Å². The largest absolute Gasteiger partial charge is 0.478 e. The molecule has 0 radical (unpaired) electrons. The van der Waals surface area contributed by atoms with Crippen LogP contribution in [0.2, 0.25) is 0 Å². The number of nitrogens with zero attached hydrogens (tertiary/aromatic N) is 2. The van der Waals surface area contributed by atoms with Crippen molar-refractivity contribution in [2.24, 2.45) is 0 Å². The van der Waals surface area contributed by atoms with Crippen molar-refractivity contribution in [3.8, 4) is 0 Å². The van der Waals surface area contributed by atoms with Gasteiger partial charge in [0.15, 0.2) is 9.84 Å². The summed E-state index contributed by atoms with van der Waals surface area (Å²) in [5.74, 6) is -2.67. The van der Waals surface area contributed by atoms with E-state index < -0.39 is 26.5 Å². The molecule has 0 saturated heterocycles. The van der Waals surface area contributed by atoms with Crippen molar-refractivity contribution < 1.29 is 22.7 Å². The Labute approximate surface area is 114 Å². The Balaban J connectivity index is 2.23. The number of imidazole rings is 1. The number of aromatic nitrogens is 2. The van der Waals surface area contributed by atoms with Crippen LogP contribution < -0.4 is 0 Å². The zero-order valence-corrected chi connectivity index (χ0v) is 11.0. The van der Waals surface area contributed by atoms with Gasteiger partial charge in [0, 0.05) is 18.9 Å². The summed E-state index contributed by atoms with van der Waals surface area (Å²) < 4.78 is 39.3. The number of rotatable bonds is 5. The number of carboxylic acid groups (broad SMARTS) is 1. The molecule has 0 aliphatic carbocycles. The Morgan fingerprint density at radius 3 is 2.70 bits per heavy atom. The molecule has 0 fully saturated rings. The second kappa shape index (κ2) is 5.41. The van der Waals surface area contributed by atoms with Crippen LogP contribution in [0.25, 0.3) is 0 Å². The first kappa shape index (κ1) is 14.2. The molecule has 0 unspecified atom stereocenters. The van der Waals surface area contributed by atoms with Gasteiger partial charge in [-0.1, -0.05) is 0 Å². The monoisotopic (exact) mass is 298 g/mol. The van der Waals surface area contributed by atoms with E-state index in [1.54, 1.807) is 10.8 Å². The van der Waals surface area contributed by atoms with Gasteiger partial charge in [-0.25, -0.2) is 22.6 Å². The predicted octanol–water partition coefficient (Wildman–Crippen LogP) is 1.19. The maximum absolute atomic E-state index is 13.7. The molecule has 20 heavy (non-hydrogen) atoms. The van der Waals surface area contributed by atoms with Crippen molar-refractivity contribution in [2.45, 2.75) is 11.4 Å². The molecule has 8 heteroatoms. The minimum absolute atomic E-state index is 0.141. The minimum Gasteiger partial charge on any atom is -0.478 e. The van der Waals surface area contributed by atoms with E-state index in [4.69, 9.17) is 5.11 Å². The molecule has 6 nitrogen and oxygen atoms in total. The van der Waals surface area contributed by atoms with E-state index in [2.05, 4.69) is 4.98 Å². The SMILES string of the molecule is O=C(O)c1ccc(S(=O)(=O)CCn2ccnc2)c(F)c1. The van der Waals surface area contributed by atoms with E-state index in [1.165, 1.54) is 12.5 Å². The van der Waals surface area contributed by atoms with Crippen molar-refractivity contribution in [3.63, 3.8) is 0 Å². The van der Waals surface area contributed by atoms with Crippen LogP contribution >= 0.6 is 0 Å². The molecular weight excluding hydrogens is 287 g/mol. The van der Waals surface area contributed by atoms with Gasteiger partial charge in [-0.2, -0.15) is 0 Å². The summed E-state index contributed by atoms with van der Waals surface area (Å²) in [7, 11) is -3.83. The summed E-state index contributed by atoms with van der Waals surface area (Å²) in [6, 6.07) is 2.74. The zero-order chi connectivity index (χ0) is 14.8. The minimum atomic E-state index is -3.83. The van der Waals surface area contributed by atoms with Crippen LogP contribution in [0.1, 0.15) is 10.4 Å². The highest BCUT2D eigenvalue weighted by Crippen LogP contribution is 2.18. The lowest BCUT2D eigenvalue weighted by molar-refractivity contribution is 0.0696. The molecule has 1 aromatic carbocycles. The van der Waals surface area contributed by atoms with Gasteiger partial charge in [0.1, 0.15) is 10.7 Å². The van der Waals surface area contributed by atoms with Crippen molar-refractivity contribution in [1.29, 1.82) is 0 Å². The zero-order valence-electron chi connectivity index (χ0n) is 10.2. The average molecular weight is 298 g/mol. The Kier molecular flexibility index (Phi) is 3.84. The fraction of sp³-hybridized carbons (Fsp3) is 0.167. The highest BCUT2D eigenvalue weighted by molar-refractivity contribution is 7.91. The van der Waals surface area contributed by atoms with Gasteiger partial charge in [0.05, 0.1) is 17.6 Å². The highest BCUT2D eigenvalue weighted by Gasteiger charge is 2.20. The number of carbonyl (C=O) groups is 1. The number of carboxylic acids is 1. The topological polar surface area (TPSA) is 89.3 Å². The fourth-order valence-electron chi connectivity index (χ4n) is 1.64. The molecule has 0 aliphatic heterocycles. The second-order valence-electron chi connectivity index (χ2n) is 4.07. The molecule has 0 bridgehead atoms. The lowest BCUT2D eigenvalue weighted by atomic mass is 10.2. The van der Waals surface area contributed by atoms with Gasteiger partial charge >= 0.3 is 5.97 Å².